The molecule has 2 rings (SSSR count). The third-order valence-electron chi connectivity index (χ3n) is 4.16. The molecule has 0 aliphatic heterocycles. The minimum absolute atomic E-state index is 0.241. The van der Waals surface area contributed by atoms with Crippen LogP contribution in [0.5, 0.6) is 5.75 Å². The Labute approximate surface area is 167 Å². The monoisotopic (exact) mass is 404 g/mol. The molecular formula is C21H28N2O4S. The van der Waals surface area contributed by atoms with Crippen LogP contribution in [0.1, 0.15) is 31.7 Å². The van der Waals surface area contributed by atoms with Crippen molar-refractivity contribution in [2.45, 2.75) is 32.8 Å². The van der Waals surface area contributed by atoms with Gasteiger partial charge in [-0.15, -0.1) is 0 Å². The summed E-state index contributed by atoms with van der Waals surface area (Å²) in [6.45, 7) is 2.82. The fourth-order valence-corrected chi connectivity index (χ4v) is 3.50. The van der Waals surface area contributed by atoms with Crippen molar-refractivity contribution >= 4 is 21.6 Å². The van der Waals surface area contributed by atoms with E-state index in [2.05, 4.69) is 12.2 Å². The smallest absolute Gasteiger partial charge is 0.240 e. The number of rotatable bonds is 11. The lowest BCUT2D eigenvalue weighted by atomic mass is 10.2. The Morgan fingerprint density at radius 3 is 2.32 bits per heavy atom. The number of sulfonamides is 1. The van der Waals surface area contributed by atoms with Crippen LogP contribution in [-0.2, 0) is 21.4 Å². The Morgan fingerprint density at radius 2 is 1.71 bits per heavy atom. The van der Waals surface area contributed by atoms with E-state index in [1.807, 2.05) is 30.3 Å². The first-order valence-electron chi connectivity index (χ1n) is 9.41. The Hall–Kier alpha value is -2.54. The SMILES string of the molecule is CCCCCNC(=O)CN(c1ccc(OCc2ccccc2)cc1)S(C)(=O)=O. The number of hydrogen-bond acceptors (Lipinski definition) is 4. The highest BCUT2D eigenvalue weighted by atomic mass is 32.2. The van der Waals surface area contributed by atoms with Gasteiger partial charge in [0.2, 0.25) is 15.9 Å². The number of nitrogens with zero attached hydrogens (tertiary/aromatic N) is 1. The van der Waals surface area contributed by atoms with Gasteiger partial charge in [0.25, 0.3) is 0 Å². The zero-order chi connectivity index (χ0) is 20.4. The summed E-state index contributed by atoms with van der Waals surface area (Å²) in [4.78, 5) is 12.1. The number of anilines is 1. The van der Waals surface area contributed by atoms with Gasteiger partial charge in [-0.3, -0.25) is 9.10 Å². The van der Waals surface area contributed by atoms with Crippen LogP contribution < -0.4 is 14.4 Å². The van der Waals surface area contributed by atoms with Gasteiger partial charge in [-0.25, -0.2) is 8.42 Å². The largest absolute Gasteiger partial charge is 0.489 e. The molecule has 0 spiro atoms. The van der Waals surface area contributed by atoms with Gasteiger partial charge < -0.3 is 10.1 Å². The number of ether oxygens (including phenoxy) is 1. The van der Waals surface area contributed by atoms with Gasteiger partial charge in [0, 0.05) is 6.54 Å². The zero-order valence-corrected chi connectivity index (χ0v) is 17.2. The average Bonchev–Trinajstić information content (AvgIpc) is 2.68. The van der Waals surface area contributed by atoms with E-state index in [-0.39, 0.29) is 12.5 Å². The number of nitrogens with one attached hydrogen (secondary N) is 1. The maximum atomic E-state index is 12.2. The average molecular weight is 405 g/mol. The molecule has 0 saturated carbocycles. The molecule has 1 N–H and O–H groups in total. The molecule has 2 aromatic carbocycles. The van der Waals surface area contributed by atoms with Gasteiger partial charge in [-0.1, -0.05) is 50.1 Å². The fourth-order valence-electron chi connectivity index (χ4n) is 2.64. The minimum atomic E-state index is -3.58. The summed E-state index contributed by atoms with van der Waals surface area (Å²) < 4.78 is 31.1. The first kappa shape index (κ1) is 21.8. The fraction of sp³-hybridized carbons (Fsp3) is 0.381. The molecule has 0 unspecified atom stereocenters. The van der Waals surface area contributed by atoms with E-state index in [1.165, 1.54) is 0 Å². The predicted octanol–water partition coefficient (Wildman–Crippen LogP) is 3.34. The molecule has 2 aromatic rings. The van der Waals surface area contributed by atoms with E-state index in [9.17, 15) is 13.2 Å². The molecule has 28 heavy (non-hydrogen) atoms. The van der Waals surface area contributed by atoms with E-state index in [0.29, 0.717) is 24.6 Å². The van der Waals surface area contributed by atoms with Crippen LogP contribution in [0.3, 0.4) is 0 Å². The molecule has 7 heteroatoms. The maximum Gasteiger partial charge on any atom is 0.240 e. The van der Waals surface area contributed by atoms with Crippen molar-refractivity contribution in [3.8, 4) is 5.75 Å². The molecule has 0 aliphatic carbocycles. The van der Waals surface area contributed by atoms with E-state index in [4.69, 9.17) is 4.74 Å². The third kappa shape index (κ3) is 7.23. The Bertz CT molecular complexity index is 836. The lowest BCUT2D eigenvalue weighted by molar-refractivity contribution is -0.119. The number of amides is 1. The Kier molecular flexibility index (Phi) is 8.32. The third-order valence-corrected chi connectivity index (χ3v) is 5.30. The molecule has 0 fully saturated rings. The molecule has 0 heterocycles. The first-order valence-corrected chi connectivity index (χ1v) is 11.3. The van der Waals surface area contributed by atoms with E-state index >= 15 is 0 Å². The number of carbonyl (C=O) groups excluding carboxylic acids is 1. The van der Waals surface area contributed by atoms with Gasteiger partial charge in [-0.05, 0) is 36.2 Å². The summed E-state index contributed by atoms with van der Waals surface area (Å²) in [6.07, 6.45) is 4.07. The quantitative estimate of drug-likeness (QED) is 0.583. The van der Waals surface area contributed by atoms with E-state index in [0.717, 1.165) is 35.4 Å². The van der Waals surface area contributed by atoms with Gasteiger partial charge in [0.15, 0.2) is 0 Å². The number of hydrogen-bond donors (Lipinski definition) is 1. The molecule has 1 amide bonds. The second kappa shape index (κ2) is 10.7. The lowest BCUT2D eigenvalue weighted by Crippen LogP contribution is -2.40. The molecule has 6 nitrogen and oxygen atoms in total. The predicted molar refractivity (Wildman–Crippen MR) is 112 cm³/mol. The molecule has 0 bridgehead atoms. The van der Waals surface area contributed by atoms with Crippen molar-refractivity contribution in [2.24, 2.45) is 0 Å². The summed E-state index contributed by atoms with van der Waals surface area (Å²) in [5.74, 6) is 0.316. The highest BCUT2D eigenvalue weighted by Gasteiger charge is 2.20. The van der Waals surface area contributed by atoms with Crippen molar-refractivity contribution in [1.29, 1.82) is 0 Å². The van der Waals surface area contributed by atoms with Gasteiger partial charge in [0.1, 0.15) is 18.9 Å². The van der Waals surface area contributed by atoms with Crippen LogP contribution in [0.4, 0.5) is 5.69 Å². The Morgan fingerprint density at radius 1 is 1.04 bits per heavy atom. The molecule has 0 radical (unpaired) electrons. The molecule has 0 saturated heterocycles. The van der Waals surface area contributed by atoms with Crippen LogP contribution in [0, 0.1) is 0 Å². The van der Waals surface area contributed by atoms with Gasteiger partial charge >= 0.3 is 0 Å². The zero-order valence-electron chi connectivity index (χ0n) is 16.4. The van der Waals surface area contributed by atoms with Crippen molar-refractivity contribution in [3.05, 3.63) is 60.2 Å². The van der Waals surface area contributed by atoms with Crippen LogP contribution in [0.2, 0.25) is 0 Å². The maximum absolute atomic E-state index is 12.2. The molecule has 152 valence electrons. The second-order valence-corrected chi connectivity index (χ2v) is 8.50. The highest BCUT2D eigenvalue weighted by Crippen LogP contribution is 2.22. The Balaban J connectivity index is 1.98. The second-order valence-electron chi connectivity index (χ2n) is 6.59. The normalized spacial score (nSPS) is 11.1. The lowest BCUT2D eigenvalue weighted by Gasteiger charge is -2.22. The van der Waals surface area contributed by atoms with Crippen LogP contribution in [0.25, 0.3) is 0 Å². The van der Waals surface area contributed by atoms with E-state index < -0.39 is 10.0 Å². The highest BCUT2D eigenvalue weighted by molar-refractivity contribution is 7.92. The van der Waals surface area contributed by atoms with Crippen LogP contribution in [-0.4, -0.2) is 33.7 Å². The summed E-state index contributed by atoms with van der Waals surface area (Å²) in [5.41, 5.74) is 1.47. The number of benzene rings is 2. The van der Waals surface area contributed by atoms with Crippen molar-refractivity contribution in [3.63, 3.8) is 0 Å². The summed E-state index contributed by atoms with van der Waals surface area (Å²) in [6, 6.07) is 16.5. The van der Waals surface area contributed by atoms with Crippen LogP contribution >= 0.6 is 0 Å². The van der Waals surface area contributed by atoms with Crippen LogP contribution in [0.15, 0.2) is 54.6 Å². The first-order chi connectivity index (χ1) is 13.4. The molecule has 0 aliphatic rings. The number of carbonyl (C=O) groups is 1. The molecule has 0 aromatic heterocycles. The summed E-state index contributed by atoms with van der Waals surface area (Å²) in [5, 5.41) is 2.77. The minimum Gasteiger partial charge on any atom is -0.489 e. The summed E-state index contributed by atoms with van der Waals surface area (Å²) in [7, 11) is -3.58. The van der Waals surface area contributed by atoms with Gasteiger partial charge in [-0.2, -0.15) is 0 Å². The number of unbranched alkanes of at least 4 members (excludes halogenated alkanes) is 2. The van der Waals surface area contributed by atoms with Crippen molar-refractivity contribution in [1.82, 2.24) is 5.32 Å². The molecular weight excluding hydrogens is 376 g/mol. The molecule has 0 atom stereocenters. The van der Waals surface area contributed by atoms with E-state index in [1.54, 1.807) is 24.3 Å². The van der Waals surface area contributed by atoms with Gasteiger partial charge in [0.05, 0.1) is 11.9 Å². The van der Waals surface area contributed by atoms with Crippen molar-refractivity contribution in [2.75, 3.05) is 23.7 Å². The standard InChI is InChI=1S/C21H28N2O4S/c1-3-4-8-15-22-21(24)16-23(28(2,25)26)19-11-13-20(14-12-19)27-17-18-9-6-5-7-10-18/h5-7,9-14H,3-4,8,15-17H2,1-2H3,(H,22,24). The topological polar surface area (TPSA) is 75.7 Å². The summed E-state index contributed by atoms with van der Waals surface area (Å²) >= 11 is 0. The van der Waals surface area contributed by atoms with Crippen molar-refractivity contribution < 1.29 is 17.9 Å².